The zero-order chi connectivity index (χ0) is 13.8. The maximum absolute atomic E-state index is 11.7. The smallest absolute Gasteiger partial charge is 0.309 e. The first-order valence-electron chi connectivity index (χ1n) is 7.43. The number of rotatable bonds is 6. The molecule has 2 aliphatic rings. The van der Waals surface area contributed by atoms with Crippen LogP contribution in [0.25, 0.3) is 0 Å². The van der Waals surface area contributed by atoms with Crippen molar-refractivity contribution in [1.82, 2.24) is 5.48 Å². The number of methoxy groups -OCH3 is 1. The van der Waals surface area contributed by atoms with E-state index < -0.39 is 0 Å². The van der Waals surface area contributed by atoms with Gasteiger partial charge in [-0.2, -0.15) is 0 Å². The molecule has 1 fully saturated rings. The highest BCUT2D eigenvalue weighted by atomic mass is 16.7. The quantitative estimate of drug-likeness (QED) is 0.752. The second kappa shape index (κ2) is 6.42. The van der Waals surface area contributed by atoms with Gasteiger partial charge in [-0.3, -0.25) is 15.1 Å². The number of hydrogen-bond donors (Lipinski definition) is 1. The molecular formula is C15H25NO3. The maximum Gasteiger partial charge on any atom is 0.309 e. The van der Waals surface area contributed by atoms with Crippen LogP contribution in [0.2, 0.25) is 0 Å². The van der Waals surface area contributed by atoms with E-state index >= 15 is 0 Å². The Morgan fingerprint density at radius 2 is 2.11 bits per heavy atom. The van der Waals surface area contributed by atoms with E-state index in [9.17, 15) is 4.79 Å². The van der Waals surface area contributed by atoms with Gasteiger partial charge < -0.3 is 4.74 Å². The Morgan fingerprint density at radius 1 is 1.42 bits per heavy atom. The van der Waals surface area contributed by atoms with Crippen LogP contribution in [0.1, 0.15) is 52.4 Å². The molecule has 1 aliphatic heterocycles. The minimum atomic E-state index is -0.104. The van der Waals surface area contributed by atoms with Crippen LogP contribution in [-0.4, -0.2) is 19.2 Å². The molecule has 2 rings (SSSR count). The van der Waals surface area contributed by atoms with Crippen molar-refractivity contribution in [2.24, 2.45) is 11.8 Å². The van der Waals surface area contributed by atoms with E-state index in [1.807, 2.05) is 0 Å². The molecule has 19 heavy (non-hydrogen) atoms. The first-order chi connectivity index (χ1) is 9.21. The SMILES string of the molecule is CCCC(CCC)C1=C2CC(C(=O)OC)CC2ON1. The molecule has 0 amide bonds. The highest BCUT2D eigenvalue weighted by Crippen LogP contribution is 2.41. The van der Waals surface area contributed by atoms with Crippen LogP contribution < -0.4 is 5.48 Å². The van der Waals surface area contributed by atoms with Gasteiger partial charge in [-0.05, 0) is 31.3 Å². The molecule has 1 saturated carbocycles. The number of hydroxylamine groups is 1. The van der Waals surface area contributed by atoms with Crippen molar-refractivity contribution in [1.29, 1.82) is 0 Å². The van der Waals surface area contributed by atoms with Crippen molar-refractivity contribution in [3.8, 4) is 0 Å². The van der Waals surface area contributed by atoms with Crippen LogP contribution in [-0.2, 0) is 14.4 Å². The van der Waals surface area contributed by atoms with Gasteiger partial charge in [-0.1, -0.05) is 26.7 Å². The summed E-state index contributed by atoms with van der Waals surface area (Å²) in [5.74, 6) is 0.421. The first-order valence-corrected chi connectivity index (χ1v) is 7.43. The predicted octanol–water partition coefficient (Wildman–Crippen LogP) is 2.94. The number of hydrogen-bond acceptors (Lipinski definition) is 4. The Balaban J connectivity index is 2.12. The zero-order valence-electron chi connectivity index (χ0n) is 12.2. The van der Waals surface area contributed by atoms with Gasteiger partial charge in [0.2, 0.25) is 0 Å². The molecule has 0 aromatic heterocycles. The highest BCUT2D eigenvalue weighted by molar-refractivity contribution is 5.73. The van der Waals surface area contributed by atoms with Crippen molar-refractivity contribution in [3.63, 3.8) is 0 Å². The van der Waals surface area contributed by atoms with Gasteiger partial charge in [0, 0.05) is 11.6 Å². The number of carbonyl (C=O) groups excluding carboxylic acids is 1. The fourth-order valence-electron chi connectivity index (χ4n) is 3.31. The van der Waals surface area contributed by atoms with Crippen LogP contribution in [0, 0.1) is 11.8 Å². The second-order valence-electron chi connectivity index (χ2n) is 5.58. The molecule has 4 nitrogen and oxygen atoms in total. The predicted molar refractivity (Wildman–Crippen MR) is 73.1 cm³/mol. The third-order valence-corrected chi connectivity index (χ3v) is 4.23. The van der Waals surface area contributed by atoms with Crippen molar-refractivity contribution >= 4 is 5.97 Å². The molecule has 0 bridgehead atoms. The monoisotopic (exact) mass is 267 g/mol. The number of allylic oxidation sites excluding steroid dienone is 1. The lowest BCUT2D eigenvalue weighted by atomic mass is 9.91. The molecule has 4 heteroatoms. The van der Waals surface area contributed by atoms with Crippen molar-refractivity contribution < 1.29 is 14.4 Å². The lowest BCUT2D eigenvalue weighted by Gasteiger charge is -2.18. The molecule has 0 aromatic rings. The summed E-state index contributed by atoms with van der Waals surface area (Å²) in [6, 6.07) is 0. The molecule has 0 radical (unpaired) electrons. The molecular weight excluding hydrogens is 242 g/mol. The molecule has 0 saturated heterocycles. The van der Waals surface area contributed by atoms with E-state index in [0.717, 1.165) is 12.8 Å². The Hall–Kier alpha value is -1.03. The largest absolute Gasteiger partial charge is 0.469 e. The fraction of sp³-hybridized carbons (Fsp3) is 0.800. The third-order valence-electron chi connectivity index (χ3n) is 4.23. The Labute approximate surface area is 115 Å². The Bertz CT molecular complexity index is 358. The van der Waals surface area contributed by atoms with E-state index in [1.54, 1.807) is 0 Å². The number of ether oxygens (including phenoxy) is 1. The molecule has 2 unspecified atom stereocenters. The van der Waals surface area contributed by atoms with E-state index in [0.29, 0.717) is 5.92 Å². The lowest BCUT2D eigenvalue weighted by Crippen LogP contribution is -2.20. The maximum atomic E-state index is 11.7. The van der Waals surface area contributed by atoms with Crippen LogP contribution in [0.5, 0.6) is 0 Å². The van der Waals surface area contributed by atoms with Crippen LogP contribution in [0.15, 0.2) is 11.3 Å². The van der Waals surface area contributed by atoms with Gasteiger partial charge in [0.05, 0.1) is 13.0 Å². The van der Waals surface area contributed by atoms with E-state index in [1.165, 1.54) is 44.1 Å². The molecule has 1 aliphatic carbocycles. The summed E-state index contributed by atoms with van der Waals surface area (Å²) < 4.78 is 4.85. The molecule has 0 aromatic carbocycles. The topological polar surface area (TPSA) is 47.6 Å². The Morgan fingerprint density at radius 3 is 2.68 bits per heavy atom. The third kappa shape index (κ3) is 2.94. The van der Waals surface area contributed by atoms with E-state index in [-0.39, 0.29) is 18.0 Å². The van der Waals surface area contributed by atoms with E-state index in [4.69, 9.17) is 9.57 Å². The summed E-state index contributed by atoms with van der Waals surface area (Å²) in [6.07, 6.45) is 6.34. The van der Waals surface area contributed by atoms with Crippen LogP contribution in [0.4, 0.5) is 0 Å². The minimum absolute atomic E-state index is 0.0222. The van der Waals surface area contributed by atoms with Crippen LogP contribution in [0.3, 0.4) is 0 Å². The van der Waals surface area contributed by atoms with Crippen molar-refractivity contribution in [2.75, 3.05) is 7.11 Å². The summed E-state index contributed by atoms with van der Waals surface area (Å²) in [5, 5.41) is 0. The Kier molecular flexibility index (Phi) is 4.86. The fourth-order valence-corrected chi connectivity index (χ4v) is 3.31. The first kappa shape index (κ1) is 14.4. The van der Waals surface area contributed by atoms with E-state index in [2.05, 4.69) is 19.3 Å². The molecule has 2 atom stereocenters. The summed E-state index contributed by atoms with van der Waals surface area (Å²) in [5.41, 5.74) is 5.69. The average Bonchev–Trinajstić information content (AvgIpc) is 2.97. The minimum Gasteiger partial charge on any atom is -0.469 e. The molecule has 1 heterocycles. The van der Waals surface area contributed by atoms with Gasteiger partial charge in [0.15, 0.2) is 0 Å². The van der Waals surface area contributed by atoms with Crippen LogP contribution >= 0.6 is 0 Å². The summed E-state index contributed by atoms with van der Waals surface area (Å²) in [7, 11) is 1.46. The average molecular weight is 267 g/mol. The molecule has 1 N–H and O–H groups in total. The number of fused-ring (bicyclic) bond motifs is 1. The highest BCUT2D eigenvalue weighted by Gasteiger charge is 2.41. The van der Waals surface area contributed by atoms with Gasteiger partial charge in [0.25, 0.3) is 0 Å². The lowest BCUT2D eigenvalue weighted by molar-refractivity contribution is -0.145. The van der Waals surface area contributed by atoms with Gasteiger partial charge in [0.1, 0.15) is 6.10 Å². The number of esters is 1. The zero-order valence-corrected chi connectivity index (χ0v) is 12.2. The summed E-state index contributed by atoms with van der Waals surface area (Å²) in [6.45, 7) is 4.43. The molecule has 108 valence electrons. The summed E-state index contributed by atoms with van der Waals surface area (Å²) in [4.78, 5) is 17.3. The second-order valence-corrected chi connectivity index (χ2v) is 5.58. The number of nitrogens with one attached hydrogen (secondary N) is 1. The standard InChI is InChI=1S/C15H25NO3/c1-4-6-10(7-5-2)14-12-8-11(15(17)18-3)9-13(12)19-16-14/h10-11,13,16H,4-9H2,1-3H3. The van der Waals surface area contributed by atoms with Gasteiger partial charge in [-0.15, -0.1) is 0 Å². The van der Waals surface area contributed by atoms with Crippen molar-refractivity contribution in [3.05, 3.63) is 11.3 Å². The molecule has 0 spiro atoms. The van der Waals surface area contributed by atoms with Gasteiger partial charge >= 0.3 is 5.97 Å². The van der Waals surface area contributed by atoms with Crippen molar-refractivity contribution in [2.45, 2.75) is 58.5 Å². The van der Waals surface area contributed by atoms with Gasteiger partial charge in [-0.25, -0.2) is 0 Å². The summed E-state index contributed by atoms with van der Waals surface area (Å²) >= 11 is 0. The normalized spacial score (nSPS) is 25.7. The number of carbonyl (C=O) groups is 1.